The quantitative estimate of drug-likeness (QED) is 0.641. The summed E-state index contributed by atoms with van der Waals surface area (Å²) in [4.78, 5) is 11.1. The summed E-state index contributed by atoms with van der Waals surface area (Å²) in [5, 5.41) is 0. The minimum atomic E-state index is 0.0839. The van der Waals surface area contributed by atoms with Gasteiger partial charge in [0.2, 0.25) is 0 Å². The molecule has 1 aromatic rings. The van der Waals surface area contributed by atoms with Crippen LogP contribution in [-0.2, 0) is 0 Å². The van der Waals surface area contributed by atoms with Crippen LogP contribution in [0.3, 0.4) is 0 Å². The average Bonchev–Trinajstić information content (AvgIpc) is 1.93. The van der Waals surface area contributed by atoms with Crippen LogP contribution in [0.5, 0.6) is 0 Å². The van der Waals surface area contributed by atoms with Gasteiger partial charge >= 0.3 is 0 Å². The first kappa shape index (κ1) is 7.78. The first-order chi connectivity index (χ1) is 4.63. The molecule has 0 aromatic carbocycles. The summed E-state index contributed by atoms with van der Waals surface area (Å²) in [7, 11) is 0. The number of aromatic nitrogens is 1. The summed E-state index contributed by atoms with van der Waals surface area (Å²) >= 11 is 1.97. The Morgan fingerprint density at radius 2 is 2.10 bits per heavy atom. The van der Waals surface area contributed by atoms with Gasteiger partial charge in [-0.3, -0.25) is 7.58 Å². The monoisotopic (exact) mass is 249 g/mol. The van der Waals surface area contributed by atoms with Crippen LogP contribution in [-0.4, -0.2) is 2.78 Å². The van der Waals surface area contributed by atoms with E-state index in [2.05, 4.69) is 0 Å². The Kier molecular flexibility index (Phi) is 2.13. The van der Waals surface area contributed by atoms with E-state index in [-0.39, 0.29) is 5.56 Å². The molecule has 0 spiro atoms. The van der Waals surface area contributed by atoms with E-state index < -0.39 is 0 Å². The van der Waals surface area contributed by atoms with Crippen molar-refractivity contribution in [2.75, 3.05) is 0 Å². The van der Waals surface area contributed by atoms with E-state index in [9.17, 15) is 4.79 Å². The minimum absolute atomic E-state index is 0.0839. The summed E-state index contributed by atoms with van der Waals surface area (Å²) in [5.74, 6) is 0. The molecular weight excluding hydrogens is 241 g/mol. The number of halogens is 1. The molecule has 0 atom stereocenters. The van der Waals surface area contributed by atoms with Gasteiger partial charge in [-0.2, -0.15) is 0 Å². The van der Waals surface area contributed by atoms with Gasteiger partial charge in [-0.15, -0.1) is 0 Å². The van der Waals surface area contributed by atoms with Gasteiger partial charge < -0.3 is 0 Å². The summed E-state index contributed by atoms with van der Waals surface area (Å²) in [5.41, 5.74) is 1.97. The summed E-state index contributed by atoms with van der Waals surface area (Å²) in [6.07, 6.45) is 1.77. The van der Waals surface area contributed by atoms with E-state index in [4.69, 9.17) is 0 Å². The largest absolute Gasteiger partial charge is 0.268 e. The predicted octanol–water partition coefficient (Wildman–Crippen LogP) is 1.66. The Balaban J connectivity index is 3.50. The number of rotatable bonds is 0. The van der Waals surface area contributed by atoms with Crippen molar-refractivity contribution in [2.24, 2.45) is 0 Å². The minimum Gasteiger partial charge on any atom is -0.268 e. The highest BCUT2D eigenvalue weighted by atomic mass is 127. The molecule has 3 heteroatoms. The van der Waals surface area contributed by atoms with Crippen molar-refractivity contribution < 1.29 is 0 Å². The van der Waals surface area contributed by atoms with Crippen molar-refractivity contribution >= 4 is 22.9 Å². The zero-order valence-corrected chi connectivity index (χ0v) is 8.05. The molecule has 0 radical (unpaired) electrons. The van der Waals surface area contributed by atoms with E-state index in [0.717, 1.165) is 11.1 Å². The van der Waals surface area contributed by atoms with Crippen LogP contribution in [0.1, 0.15) is 11.1 Å². The highest BCUT2D eigenvalue weighted by molar-refractivity contribution is 14.1. The molecule has 0 N–H and O–H groups in total. The Labute approximate surface area is 73.4 Å². The maximum absolute atomic E-state index is 11.1. The number of aryl methyl sites for hydroxylation is 1. The van der Waals surface area contributed by atoms with Gasteiger partial charge in [0.25, 0.3) is 5.56 Å². The highest BCUT2D eigenvalue weighted by Crippen LogP contribution is 2.00. The predicted molar refractivity (Wildman–Crippen MR) is 49.6 cm³/mol. The molecule has 0 fully saturated rings. The van der Waals surface area contributed by atoms with E-state index in [0.29, 0.717) is 0 Å². The zero-order chi connectivity index (χ0) is 7.72. The van der Waals surface area contributed by atoms with Crippen molar-refractivity contribution in [2.45, 2.75) is 13.8 Å². The molecule has 10 heavy (non-hydrogen) atoms. The van der Waals surface area contributed by atoms with Gasteiger partial charge in [-0.05, 0) is 25.5 Å². The van der Waals surface area contributed by atoms with E-state index >= 15 is 0 Å². The van der Waals surface area contributed by atoms with Crippen LogP contribution in [0.4, 0.5) is 0 Å². The normalized spacial score (nSPS) is 9.90. The molecule has 0 unspecified atom stereocenters. The summed E-state index contributed by atoms with van der Waals surface area (Å²) in [6, 6.07) is 1.93. The number of hydrogen-bond donors (Lipinski definition) is 0. The second-order valence-electron chi connectivity index (χ2n) is 2.24. The number of hydrogen-bond acceptors (Lipinski definition) is 1. The van der Waals surface area contributed by atoms with Crippen LogP contribution >= 0.6 is 22.9 Å². The Morgan fingerprint density at radius 3 is 2.60 bits per heavy atom. The molecule has 2 nitrogen and oxygen atoms in total. The molecule has 0 amide bonds. The van der Waals surface area contributed by atoms with Crippen molar-refractivity contribution in [1.82, 2.24) is 2.78 Å². The fourth-order valence-corrected chi connectivity index (χ4v) is 1.22. The van der Waals surface area contributed by atoms with Gasteiger partial charge in [0.1, 0.15) is 0 Å². The molecular formula is C7H8INO. The third-order valence-corrected chi connectivity index (χ3v) is 2.32. The Morgan fingerprint density at radius 1 is 1.50 bits per heavy atom. The second-order valence-corrected chi connectivity index (χ2v) is 3.28. The van der Waals surface area contributed by atoms with Gasteiger partial charge in [0, 0.05) is 11.8 Å². The number of pyridine rings is 1. The third-order valence-electron chi connectivity index (χ3n) is 1.56. The lowest BCUT2D eigenvalue weighted by Crippen LogP contribution is -2.15. The van der Waals surface area contributed by atoms with Crippen LogP contribution in [0.15, 0.2) is 17.1 Å². The van der Waals surface area contributed by atoms with Crippen molar-refractivity contribution in [1.29, 1.82) is 0 Å². The maximum atomic E-state index is 11.1. The number of nitrogens with zero attached hydrogens (tertiary/aromatic N) is 1. The van der Waals surface area contributed by atoms with Crippen LogP contribution in [0, 0.1) is 13.8 Å². The SMILES string of the molecule is Cc1ccn(I)c(=O)c1C. The fraction of sp³-hybridized carbons (Fsp3) is 0.286. The fourth-order valence-electron chi connectivity index (χ4n) is 0.699. The lowest BCUT2D eigenvalue weighted by Gasteiger charge is -1.98. The molecule has 1 heterocycles. The molecule has 1 aromatic heterocycles. The molecule has 0 aliphatic rings. The van der Waals surface area contributed by atoms with Crippen LogP contribution in [0.25, 0.3) is 0 Å². The molecule has 0 aliphatic heterocycles. The van der Waals surface area contributed by atoms with Gasteiger partial charge in [0.05, 0.1) is 22.9 Å². The first-order valence-corrected chi connectivity index (χ1v) is 3.94. The lowest BCUT2D eigenvalue weighted by atomic mass is 10.2. The molecule has 0 bridgehead atoms. The molecule has 0 aliphatic carbocycles. The third kappa shape index (κ3) is 1.23. The van der Waals surface area contributed by atoms with Crippen molar-refractivity contribution in [3.63, 3.8) is 0 Å². The highest BCUT2D eigenvalue weighted by Gasteiger charge is 1.97. The van der Waals surface area contributed by atoms with Gasteiger partial charge in [-0.25, -0.2) is 0 Å². The summed E-state index contributed by atoms with van der Waals surface area (Å²) < 4.78 is 1.56. The smallest absolute Gasteiger partial charge is 0.262 e. The van der Waals surface area contributed by atoms with E-state index in [1.165, 1.54) is 0 Å². The second kappa shape index (κ2) is 2.74. The van der Waals surface area contributed by atoms with Gasteiger partial charge in [0.15, 0.2) is 0 Å². The standard InChI is InChI=1S/C7H8INO/c1-5-3-4-9(8)7(10)6(5)2/h3-4H,1-2H3. The topological polar surface area (TPSA) is 22.0 Å². The molecule has 1 rings (SSSR count). The van der Waals surface area contributed by atoms with Crippen molar-refractivity contribution in [3.05, 3.63) is 33.7 Å². The average molecular weight is 249 g/mol. The molecule has 0 saturated carbocycles. The first-order valence-electron chi connectivity index (χ1n) is 2.98. The van der Waals surface area contributed by atoms with E-state index in [1.54, 1.807) is 8.98 Å². The Hall–Kier alpha value is -0.320. The van der Waals surface area contributed by atoms with Gasteiger partial charge in [-0.1, -0.05) is 0 Å². The Bertz CT molecular complexity index is 303. The molecule has 0 saturated heterocycles. The van der Waals surface area contributed by atoms with Crippen LogP contribution < -0.4 is 5.56 Å². The van der Waals surface area contributed by atoms with Crippen LogP contribution in [0.2, 0.25) is 0 Å². The molecule has 54 valence electrons. The van der Waals surface area contributed by atoms with Crippen molar-refractivity contribution in [3.8, 4) is 0 Å². The van der Waals surface area contributed by atoms with E-state index in [1.807, 2.05) is 42.8 Å². The lowest BCUT2D eigenvalue weighted by molar-refractivity contribution is 1.12. The maximum Gasteiger partial charge on any atom is 0.262 e. The zero-order valence-electron chi connectivity index (χ0n) is 5.89. The summed E-state index contributed by atoms with van der Waals surface area (Å²) in [6.45, 7) is 3.78.